The molecule has 3 heterocycles. The summed E-state index contributed by atoms with van der Waals surface area (Å²) < 4.78 is 33.3. The number of aliphatic hydroxyl groups excluding tert-OH is 6. The van der Waals surface area contributed by atoms with E-state index >= 15 is 0 Å². The van der Waals surface area contributed by atoms with Crippen LogP contribution in [-0.2, 0) is 14.2 Å². The first kappa shape index (κ1) is 28.5. The molecule has 7 N–H and O–H groups in total. The second-order valence-corrected chi connectivity index (χ2v) is 9.37. The number of benzene rings is 1. The van der Waals surface area contributed by atoms with Crippen molar-refractivity contribution in [1.82, 2.24) is 0 Å². The lowest BCUT2D eigenvalue weighted by molar-refractivity contribution is -0.355. The van der Waals surface area contributed by atoms with Crippen molar-refractivity contribution < 1.29 is 63.8 Å². The van der Waals surface area contributed by atoms with Crippen molar-refractivity contribution in [2.24, 2.45) is 0 Å². The number of fused-ring (bicyclic) bond motifs is 1. The maximum Gasteiger partial charge on any atom is 0.238 e. The van der Waals surface area contributed by atoms with Gasteiger partial charge in [-0.15, -0.1) is 0 Å². The molecule has 4 rings (SSSR count). The van der Waals surface area contributed by atoms with Gasteiger partial charge in [-0.3, -0.25) is 4.79 Å². The molecule has 2 fully saturated rings. The summed E-state index contributed by atoms with van der Waals surface area (Å²) in [6, 6.07) is 0. The van der Waals surface area contributed by atoms with Gasteiger partial charge in [-0.1, -0.05) is 0 Å². The quantitative estimate of drug-likeness (QED) is 0.213. The van der Waals surface area contributed by atoms with Gasteiger partial charge >= 0.3 is 0 Å². The van der Waals surface area contributed by atoms with Gasteiger partial charge < -0.3 is 63.8 Å². The monoisotopic (exact) mass is 544 g/mol. The van der Waals surface area contributed by atoms with Gasteiger partial charge in [0.1, 0.15) is 65.4 Å². The zero-order valence-electron chi connectivity index (χ0n) is 21.0. The molecule has 2 aliphatic heterocycles. The maximum absolute atomic E-state index is 12.7. The first-order valence-electron chi connectivity index (χ1n) is 11.9. The Morgan fingerprint density at radius 3 is 2.24 bits per heavy atom. The maximum atomic E-state index is 12.7. The van der Waals surface area contributed by atoms with Crippen LogP contribution in [0.15, 0.2) is 15.5 Å². The zero-order valence-corrected chi connectivity index (χ0v) is 21.0. The average Bonchev–Trinajstić information content (AvgIpc) is 2.90. The smallest absolute Gasteiger partial charge is 0.238 e. The Morgan fingerprint density at radius 2 is 1.61 bits per heavy atom. The average molecular weight is 545 g/mol. The number of phenolic OH excluding ortho intramolecular Hbond substituents is 1. The number of ether oxygens (including phenoxy) is 5. The van der Waals surface area contributed by atoms with E-state index < -0.39 is 79.2 Å². The van der Waals surface area contributed by atoms with E-state index in [1.54, 1.807) is 6.92 Å². The van der Waals surface area contributed by atoms with Crippen molar-refractivity contribution in [3.63, 3.8) is 0 Å². The lowest BCUT2D eigenvalue weighted by Gasteiger charge is -2.45. The molecule has 0 bridgehead atoms. The van der Waals surface area contributed by atoms with Crippen molar-refractivity contribution in [2.75, 3.05) is 13.7 Å². The molecule has 1 aromatic carbocycles. The summed E-state index contributed by atoms with van der Waals surface area (Å²) in [5.74, 6) is -0.537. The molecule has 0 saturated carbocycles. The van der Waals surface area contributed by atoms with Gasteiger partial charge in [-0.05, 0) is 20.8 Å². The van der Waals surface area contributed by atoms with Crippen LogP contribution in [0.1, 0.15) is 18.1 Å². The van der Waals surface area contributed by atoms with E-state index in [0.29, 0.717) is 5.56 Å². The number of phenols is 1. The Hall–Kier alpha value is -2.53. The van der Waals surface area contributed by atoms with Gasteiger partial charge in [0, 0.05) is 11.1 Å². The summed E-state index contributed by atoms with van der Waals surface area (Å²) in [6.07, 6.45) is -14.1. The number of aryl methyl sites for hydroxylation is 1. The predicted molar refractivity (Wildman–Crippen MR) is 126 cm³/mol. The molecule has 212 valence electrons. The van der Waals surface area contributed by atoms with Gasteiger partial charge in [0.05, 0.1) is 19.8 Å². The van der Waals surface area contributed by atoms with E-state index in [2.05, 4.69) is 0 Å². The Labute approximate surface area is 216 Å². The molecule has 0 aliphatic carbocycles. The van der Waals surface area contributed by atoms with E-state index in [1.165, 1.54) is 21.0 Å². The van der Waals surface area contributed by atoms with Crippen LogP contribution in [0.4, 0.5) is 0 Å². The lowest BCUT2D eigenvalue weighted by atomic mass is 9.97. The number of hydrogen-bond donors (Lipinski definition) is 7. The normalized spacial score (nSPS) is 35.8. The minimum Gasteiger partial charge on any atom is -0.507 e. The van der Waals surface area contributed by atoms with Crippen LogP contribution in [0, 0.1) is 13.8 Å². The fourth-order valence-electron chi connectivity index (χ4n) is 4.63. The van der Waals surface area contributed by atoms with Crippen LogP contribution in [0.5, 0.6) is 17.2 Å². The number of hydrogen-bond acceptors (Lipinski definition) is 14. The molecule has 2 saturated heterocycles. The molecular formula is C24H32O14. The fraction of sp³-hybridized carbons (Fsp3) is 0.625. The van der Waals surface area contributed by atoms with E-state index in [-0.39, 0.29) is 28.0 Å². The minimum absolute atomic E-state index is 0.00439. The van der Waals surface area contributed by atoms with Crippen LogP contribution in [0.2, 0.25) is 0 Å². The van der Waals surface area contributed by atoms with Gasteiger partial charge in [0.15, 0.2) is 12.4 Å². The second-order valence-electron chi connectivity index (χ2n) is 9.37. The van der Waals surface area contributed by atoms with E-state index in [4.69, 9.17) is 28.1 Å². The number of aromatic hydroxyl groups is 1. The lowest BCUT2D eigenvalue weighted by Crippen LogP contribution is -2.64. The highest BCUT2D eigenvalue weighted by Crippen LogP contribution is 2.40. The first-order valence-corrected chi connectivity index (χ1v) is 11.9. The Kier molecular flexibility index (Phi) is 8.18. The topological polar surface area (TPSA) is 218 Å². The Bertz CT molecular complexity index is 1210. The van der Waals surface area contributed by atoms with E-state index in [0.717, 1.165) is 6.26 Å². The summed E-state index contributed by atoms with van der Waals surface area (Å²) in [7, 11) is 1.28. The van der Waals surface area contributed by atoms with Crippen molar-refractivity contribution in [3.8, 4) is 17.2 Å². The molecule has 1 aromatic heterocycles. The summed E-state index contributed by atoms with van der Waals surface area (Å²) in [5, 5.41) is 71.9. The molecule has 2 aromatic rings. The van der Waals surface area contributed by atoms with Crippen molar-refractivity contribution in [2.45, 2.75) is 82.2 Å². The third-order valence-corrected chi connectivity index (χ3v) is 6.95. The summed E-state index contributed by atoms with van der Waals surface area (Å²) in [6.45, 7) is 3.79. The summed E-state index contributed by atoms with van der Waals surface area (Å²) in [5.41, 5.74) is -0.184. The van der Waals surface area contributed by atoms with Crippen LogP contribution >= 0.6 is 0 Å². The number of rotatable bonds is 6. The van der Waals surface area contributed by atoms with E-state index in [9.17, 15) is 40.5 Å². The molecule has 14 nitrogen and oxygen atoms in total. The summed E-state index contributed by atoms with van der Waals surface area (Å²) >= 11 is 0. The van der Waals surface area contributed by atoms with Gasteiger partial charge in [-0.2, -0.15) is 0 Å². The number of aliphatic hydroxyl groups is 6. The third-order valence-electron chi connectivity index (χ3n) is 6.95. The van der Waals surface area contributed by atoms with E-state index in [1.807, 2.05) is 0 Å². The van der Waals surface area contributed by atoms with Gasteiger partial charge in [0.2, 0.25) is 17.5 Å². The SMILES string of the molecule is COc1coc2c(C)c(O[C@@H]3O[C@H](C)[C@@H](O)[C@H](O)[C@@H]3O[C@@H]3O[C@H](CO)[C@H](O)[C@H](O)[C@H]3O)c(C)c(O)c2c1=O. The molecule has 10 atom stereocenters. The Balaban J connectivity index is 1.71. The number of methoxy groups -OCH3 is 1. The molecule has 0 amide bonds. The predicted octanol–water partition coefficient (Wildman–Crippen LogP) is -1.85. The van der Waals surface area contributed by atoms with Gasteiger partial charge in [0.25, 0.3) is 0 Å². The van der Waals surface area contributed by atoms with Crippen LogP contribution < -0.4 is 14.9 Å². The Morgan fingerprint density at radius 1 is 0.921 bits per heavy atom. The molecule has 0 radical (unpaired) electrons. The highest BCUT2D eigenvalue weighted by Gasteiger charge is 2.50. The molecule has 38 heavy (non-hydrogen) atoms. The van der Waals surface area contributed by atoms with Gasteiger partial charge in [-0.25, -0.2) is 0 Å². The van der Waals surface area contributed by atoms with Crippen molar-refractivity contribution >= 4 is 11.0 Å². The second kappa shape index (κ2) is 10.9. The highest BCUT2D eigenvalue weighted by molar-refractivity contribution is 5.90. The zero-order chi connectivity index (χ0) is 28.0. The van der Waals surface area contributed by atoms with Crippen LogP contribution in [0.3, 0.4) is 0 Å². The summed E-state index contributed by atoms with van der Waals surface area (Å²) in [4.78, 5) is 12.7. The first-order chi connectivity index (χ1) is 17.9. The molecule has 0 unspecified atom stereocenters. The van der Waals surface area contributed by atoms with Crippen LogP contribution in [0.25, 0.3) is 11.0 Å². The largest absolute Gasteiger partial charge is 0.507 e. The molecule has 14 heteroatoms. The standard InChI is InChI=1S/C24H32O14/c1-7-13(26)12-15(28)11(33-4)6-34-21(12)8(2)20(7)37-24-22(18(31)14(27)9(3)35-24)38-23-19(32)17(30)16(29)10(5-25)36-23/h6,9-10,14,16-19,22-27,29-32H,5H2,1-4H3/t9-,10-,14-,16+,17+,18+,19-,22+,23+,24+/m1/s1. The van der Waals surface area contributed by atoms with Crippen molar-refractivity contribution in [1.29, 1.82) is 0 Å². The van der Waals surface area contributed by atoms with Crippen LogP contribution in [-0.4, -0.2) is 111 Å². The fourth-order valence-corrected chi connectivity index (χ4v) is 4.63. The third kappa shape index (κ3) is 4.72. The molecular weight excluding hydrogens is 512 g/mol. The highest BCUT2D eigenvalue weighted by atomic mass is 16.8. The van der Waals surface area contributed by atoms with Crippen molar-refractivity contribution in [3.05, 3.63) is 27.6 Å². The molecule has 0 spiro atoms. The minimum atomic E-state index is -1.80. The molecule has 2 aliphatic rings.